The standard InChI is InChI=1S/C17H27N/c1-4-15-6-8-16(9-7-15)13-17(12-14(2)3)10-5-11-18-17/h6-9,14,18H,4-5,10-13H2,1-3H3. The van der Waals surface area contributed by atoms with Crippen LogP contribution in [0.25, 0.3) is 0 Å². The van der Waals surface area contributed by atoms with Crippen LogP contribution in [-0.4, -0.2) is 12.1 Å². The van der Waals surface area contributed by atoms with Crippen molar-refractivity contribution in [3.8, 4) is 0 Å². The van der Waals surface area contributed by atoms with E-state index in [1.165, 1.54) is 43.4 Å². The molecule has 0 spiro atoms. The highest BCUT2D eigenvalue weighted by atomic mass is 15.0. The quantitative estimate of drug-likeness (QED) is 0.828. The number of nitrogens with one attached hydrogen (secondary N) is 1. The van der Waals surface area contributed by atoms with E-state index in [9.17, 15) is 0 Å². The summed E-state index contributed by atoms with van der Waals surface area (Å²) in [4.78, 5) is 0. The third-order valence-corrected chi connectivity index (χ3v) is 4.10. The first-order chi connectivity index (χ1) is 8.63. The van der Waals surface area contributed by atoms with Gasteiger partial charge >= 0.3 is 0 Å². The van der Waals surface area contributed by atoms with E-state index in [2.05, 4.69) is 50.4 Å². The van der Waals surface area contributed by atoms with Crippen molar-refractivity contribution >= 4 is 0 Å². The van der Waals surface area contributed by atoms with Crippen molar-refractivity contribution in [2.75, 3.05) is 6.54 Å². The van der Waals surface area contributed by atoms with Gasteiger partial charge in [-0.05, 0) is 55.7 Å². The van der Waals surface area contributed by atoms with Crippen LogP contribution in [0.4, 0.5) is 0 Å². The number of hydrogen-bond donors (Lipinski definition) is 1. The van der Waals surface area contributed by atoms with Gasteiger partial charge in [0.05, 0.1) is 0 Å². The van der Waals surface area contributed by atoms with E-state index < -0.39 is 0 Å². The minimum absolute atomic E-state index is 0.363. The maximum atomic E-state index is 3.78. The molecule has 100 valence electrons. The van der Waals surface area contributed by atoms with E-state index in [1.807, 2.05) is 0 Å². The van der Waals surface area contributed by atoms with Crippen molar-refractivity contribution in [1.29, 1.82) is 0 Å². The summed E-state index contributed by atoms with van der Waals surface area (Å²) < 4.78 is 0. The smallest absolute Gasteiger partial charge is 0.0224 e. The Kier molecular flexibility index (Phi) is 4.45. The second kappa shape index (κ2) is 5.88. The second-order valence-electron chi connectivity index (χ2n) is 6.26. The first kappa shape index (κ1) is 13.6. The van der Waals surface area contributed by atoms with Crippen LogP contribution in [0, 0.1) is 5.92 Å². The number of benzene rings is 1. The van der Waals surface area contributed by atoms with Gasteiger partial charge in [0.15, 0.2) is 0 Å². The van der Waals surface area contributed by atoms with Gasteiger partial charge in [-0.2, -0.15) is 0 Å². The molecule has 1 fully saturated rings. The van der Waals surface area contributed by atoms with Gasteiger partial charge in [0.25, 0.3) is 0 Å². The molecule has 0 aromatic heterocycles. The Labute approximate surface area is 112 Å². The molecule has 1 unspecified atom stereocenters. The molecule has 0 radical (unpaired) electrons. The molecule has 0 amide bonds. The lowest BCUT2D eigenvalue weighted by Crippen LogP contribution is -2.43. The van der Waals surface area contributed by atoms with Crippen molar-refractivity contribution < 1.29 is 0 Å². The first-order valence-corrected chi connectivity index (χ1v) is 7.46. The third-order valence-electron chi connectivity index (χ3n) is 4.10. The van der Waals surface area contributed by atoms with Gasteiger partial charge in [0.2, 0.25) is 0 Å². The lowest BCUT2D eigenvalue weighted by atomic mass is 9.82. The summed E-state index contributed by atoms with van der Waals surface area (Å²) in [6.07, 6.45) is 6.29. The van der Waals surface area contributed by atoms with Crippen molar-refractivity contribution in [1.82, 2.24) is 5.32 Å². The summed E-state index contributed by atoms with van der Waals surface area (Å²) in [5.74, 6) is 0.769. The zero-order valence-corrected chi connectivity index (χ0v) is 12.1. The van der Waals surface area contributed by atoms with Gasteiger partial charge in [-0.1, -0.05) is 45.0 Å². The summed E-state index contributed by atoms with van der Waals surface area (Å²) >= 11 is 0. The van der Waals surface area contributed by atoms with E-state index >= 15 is 0 Å². The number of hydrogen-bond acceptors (Lipinski definition) is 1. The Hall–Kier alpha value is -0.820. The number of aryl methyl sites for hydroxylation is 1. The average molecular weight is 245 g/mol. The Balaban J connectivity index is 2.08. The molecule has 1 aliphatic heterocycles. The fourth-order valence-electron chi connectivity index (χ4n) is 3.33. The molecular formula is C17H27N. The Morgan fingerprint density at radius 2 is 1.83 bits per heavy atom. The fourth-order valence-corrected chi connectivity index (χ4v) is 3.33. The maximum absolute atomic E-state index is 3.78. The van der Waals surface area contributed by atoms with Crippen molar-refractivity contribution in [3.05, 3.63) is 35.4 Å². The van der Waals surface area contributed by atoms with E-state index in [0.717, 1.165) is 12.3 Å². The van der Waals surface area contributed by atoms with E-state index in [4.69, 9.17) is 0 Å². The van der Waals surface area contributed by atoms with Gasteiger partial charge in [-0.15, -0.1) is 0 Å². The Morgan fingerprint density at radius 1 is 1.17 bits per heavy atom. The Bertz CT molecular complexity index is 358. The van der Waals surface area contributed by atoms with E-state index in [0.29, 0.717) is 5.54 Å². The topological polar surface area (TPSA) is 12.0 Å². The number of rotatable bonds is 5. The van der Waals surface area contributed by atoms with Crippen LogP contribution in [0.1, 0.15) is 51.2 Å². The maximum Gasteiger partial charge on any atom is 0.0224 e. The zero-order chi connectivity index (χ0) is 13.0. The highest BCUT2D eigenvalue weighted by Crippen LogP contribution is 2.30. The largest absolute Gasteiger partial charge is 0.311 e. The van der Waals surface area contributed by atoms with Crippen LogP contribution >= 0.6 is 0 Å². The molecule has 1 aromatic rings. The van der Waals surface area contributed by atoms with Crippen molar-refractivity contribution in [3.63, 3.8) is 0 Å². The van der Waals surface area contributed by atoms with E-state index in [1.54, 1.807) is 0 Å². The van der Waals surface area contributed by atoms with Gasteiger partial charge < -0.3 is 5.32 Å². The molecule has 18 heavy (non-hydrogen) atoms. The zero-order valence-electron chi connectivity index (χ0n) is 12.1. The molecule has 1 N–H and O–H groups in total. The van der Waals surface area contributed by atoms with Crippen molar-refractivity contribution in [2.24, 2.45) is 5.92 Å². The molecule has 1 aromatic carbocycles. The van der Waals surface area contributed by atoms with Gasteiger partial charge in [-0.3, -0.25) is 0 Å². The normalized spacial score (nSPS) is 23.8. The van der Waals surface area contributed by atoms with Crippen LogP contribution < -0.4 is 5.32 Å². The summed E-state index contributed by atoms with van der Waals surface area (Å²) in [5, 5.41) is 3.78. The van der Waals surface area contributed by atoms with Crippen LogP contribution in [-0.2, 0) is 12.8 Å². The van der Waals surface area contributed by atoms with Crippen LogP contribution in [0.5, 0.6) is 0 Å². The van der Waals surface area contributed by atoms with Gasteiger partial charge in [0, 0.05) is 5.54 Å². The lowest BCUT2D eigenvalue weighted by Gasteiger charge is -2.32. The molecule has 1 aliphatic rings. The summed E-state index contributed by atoms with van der Waals surface area (Å²) in [7, 11) is 0. The molecule has 1 heteroatoms. The van der Waals surface area contributed by atoms with E-state index in [-0.39, 0.29) is 0 Å². The molecule has 1 saturated heterocycles. The van der Waals surface area contributed by atoms with Gasteiger partial charge in [-0.25, -0.2) is 0 Å². The van der Waals surface area contributed by atoms with Crippen LogP contribution in [0.2, 0.25) is 0 Å². The summed E-state index contributed by atoms with van der Waals surface area (Å²) in [6, 6.07) is 9.21. The third kappa shape index (κ3) is 3.35. The van der Waals surface area contributed by atoms with Crippen molar-refractivity contribution in [2.45, 2.75) is 58.4 Å². The van der Waals surface area contributed by atoms with Crippen LogP contribution in [0.3, 0.4) is 0 Å². The Morgan fingerprint density at radius 3 is 2.33 bits per heavy atom. The SMILES string of the molecule is CCc1ccc(CC2(CC(C)C)CCCN2)cc1. The molecule has 1 nitrogen and oxygen atoms in total. The summed E-state index contributed by atoms with van der Waals surface area (Å²) in [5.41, 5.74) is 3.29. The average Bonchev–Trinajstić information content (AvgIpc) is 2.77. The lowest BCUT2D eigenvalue weighted by molar-refractivity contribution is 0.301. The summed E-state index contributed by atoms with van der Waals surface area (Å²) in [6.45, 7) is 8.08. The van der Waals surface area contributed by atoms with Gasteiger partial charge in [0.1, 0.15) is 0 Å². The molecule has 0 saturated carbocycles. The highest BCUT2D eigenvalue weighted by molar-refractivity contribution is 5.24. The second-order valence-corrected chi connectivity index (χ2v) is 6.26. The predicted molar refractivity (Wildman–Crippen MR) is 78.9 cm³/mol. The molecule has 0 bridgehead atoms. The highest BCUT2D eigenvalue weighted by Gasteiger charge is 2.33. The predicted octanol–water partition coefficient (Wildman–Crippen LogP) is 3.96. The van der Waals surface area contributed by atoms with Crippen LogP contribution in [0.15, 0.2) is 24.3 Å². The first-order valence-electron chi connectivity index (χ1n) is 7.46. The molecule has 1 atom stereocenters. The molecule has 1 heterocycles. The molecule has 0 aliphatic carbocycles. The fraction of sp³-hybridized carbons (Fsp3) is 0.647. The monoisotopic (exact) mass is 245 g/mol. The minimum Gasteiger partial charge on any atom is -0.311 e. The molecule has 2 rings (SSSR count). The molecular weight excluding hydrogens is 218 g/mol. The minimum atomic E-state index is 0.363.